The average molecular weight is 317 g/mol. The summed E-state index contributed by atoms with van der Waals surface area (Å²) in [6.07, 6.45) is 5.65. The van der Waals surface area contributed by atoms with Crippen LogP contribution in [-0.4, -0.2) is 15.0 Å². The molecule has 0 aliphatic heterocycles. The van der Waals surface area contributed by atoms with Gasteiger partial charge in [0, 0.05) is 33.9 Å². The normalized spacial score (nSPS) is 13.3. The quantitative estimate of drug-likeness (QED) is 0.925. The predicted molar refractivity (Wildman–Crippen MR) is 78.5 cm³/mol. The first-order valence-corrected chi connectivity index (χ1v) is 6.95. The van der Waals surface area contributed by atoms with E-state index in [0.717, 1.165) is 45.5 Å². The Balaban J connectivity index is 2.11. The van der Waals surface area contributed by atoms with Crippen LogP contribution in [0.1, 0.15) is 29.6 Å². The lowest BCUT2D eigenvalue weighted by Crippen LogP contribution is -2.02. The Morgan fingerprint density at radius 2 is 2.16 bits per heavy atom. The minimum atomic E-state index is 0.326. The molecule has 0 atom stereocenters. The van der Waals surface area contributed by atoms with Crippen molar-refractivity contribution in [2.75, 3.05) is 5.73 Å². The fourth-order valence-corrected chi connectivity index (χ4v) is 2.58. The van der Waals surface area contributed by atoms with Crippen LogP contribution in [0.2, 0.25) is 0 Å². The Kier molecular flexibility index (Phi) is 3.06. The van der Waals surface area contributed by atoms with E-state index in [4.69, 9.17) is 5.73 Å². The van der Waals surface area contributed by atoms with Gasteiger partial charge >= 0.3 is 0 Å². The maximum Gasteiger partial charge on any atom is 0.220 e. The van der Waals surface area contributed by atoms with Crippen LogP contribution in [0, 0.1) is 0 Å². The second kappa shape index (κ2) is 4.74. The number of anilines is 1. The molecule has 0 saturated heterocycles. The number of allylic oxidation sites excluding steroid dienone is 1. The van der Waals surface area contributed by atoms with Crippen LogP contribution in [0.5, 0.6) is 0 Å². The zero-order chi connectivity index (χ0) is 13.4. The first kappa shape index (κ1) is 12.3. The number of nitrogens with two attached hydrogens (primary N) is 1. The van der Waals surface area contributed by atoms with Gasteiger partial charge in [0.1, 0.15) is 0 Å². The Labute approximate surface area is 119 Å². The van der Waals surface area contributed by atoms with Gasteiger partial charge < -0.3 is 5.73 Å². The van der Waals surface area contributed by atoms with Gasteiger partial charge in [-0.15, -0.1) is 0 Å². The second-order valence-corrected chi connectivity index (χ2v) is 5.34. The molecule has 2 heterocycles. The van der Waals surface area contributed by atoms with Crippen molar-refractivity contribution in [3.63, 3.8) is 0 Å². The van der Waals surface area contributed by atoms with Crippen LogP contribution in [0.4, 0.5) is 5.95 Å². The maximum absolute atomic E-state index is 5.78. The molecule has 0 amide bonds. The molecule has 0 saturated carbocycles. The maximum atomic E-state index is 5.78. The van der Waals surface area contributed by atoms with Gasteiger partial charge in [-0.2, -0.15) is 0 Å². The lowest BCUT2D eigenvalue weighted by Gasteiger charge is -2.07. The van der Waals surface area contributed by atoms with Crippen molar-refractivity contribution in [1.82, 2.24) is 15.0 Å². The molecule has 1 aliphatic carbocycles. The molecule has 2 aromatic heterocycles. The highest BCUT2D eigenvalue weighted by Gasteiger charge is 2.19. The molecule has 96 valence electrons. The summed E-state index contributed by atoms with van der Waals surface area (Å²) in [5.74, 6) is 0.326. The predicted octanol–water partition coefficient (Wildman–Crippen LogP) is 2.77. The third-order valence-corrected chi connectivity index (χ3v) is 3.59. The molecule has 5 heteroatoms. The highest BCUT2D eigenvalue weighted by Crippen LogP contribution is 2.32. The minimum absolute atomic E-state index is 0.326. The third-order valence-electron chi connectivity index (χ3n) is 3.16. The molecular weight excluding hydrogens is 304 g/mol. The SMILES string of the molecule is CCc1cc(C2=CCc3ncc(Br)cc32)nc(N)n1. The van der Waals surface area contributed by atoms with E-state index in [9.17, 15) is 0 Å². The number of hydrogen-bond acceptors (Lipinski definition) is 4. The minimum Gasteiger partial charge on any atom is -0.368 e. The van der Waals surface area contributed by atoms with Crippen molar-refractivity contribution in [1.29, 1.82) is 0 Å². The summed E-state index contributed by atoms with van der Waals surface area (Å²) in [4.78, 5) is 13.0. The highest BCUT2D eigenvalue weighted by atomic mass is 79.9. The summed E-state index contributed by atoms with van der Waals surface area (Å²) in [5.41, 5.74) is 10.9. The van der Waals surface area contributed by atoms with Crippen molar-refractivity contribution in [3.05, 3.63) is 51.5 Å². The topological polar surface area (TPSA) is 64.7 Å². The number of pyridine rings is 1. The van der Waals surface area contributed by atoms with E-state index in [-0.39, 0.29) is 0 Å². The summed E-state index contributed by atoms with van der Waals surface area (Å²) < 4.78 is 0.969. The largest absolute Gasteiger partial charge is 0.368 e. The van der Waals surface area contributed by atoms with Gasteiger partial charge in [-0.1, -0.05) is 13.0 Å². The molecule has 0 fully saturated rings. The number of aromatic nitrogens is 3. The third kappa shape index (κ3) is 2.26. The molecule has 2 aromatic rings. The van der Waals surface area contributed by atoms with Gasteiger partial charge in [0.05, 0.1) is 11.4 Å². The van der Waals surface area contributed by atoms with E-state index in [2.05, 4.69) is 49.9 Å². The van der Waals surface area contributed by atoms with Gasteiger partial charge in [-0.05, 0) is 34.5 Å². The number of hydrogen-bond donors (Lipinski definition) is 1. The second-order valence-electron chi connectivity index (χ2n) is 4.43. The molecule has 0 radical (unpaired) electrons. The standard InChI is InChI=1S/C14H13BrN4/c1-2-9-6-13(19-14(16)18-9)10-3-4-12-11(10)5-8(15)7-17-12/h3,5-7H,2,4H2,1H3,(H2,16,18,19). The molecule has 19 heavy (non-hydrogen) atoms. The van der Waals surface area contributed by atoms with Crippen LogP contribution in [0.25, 0.3) is 5.57 Å². The summed E-state index contributed by atoms with van der Waals surface area (Å²) >= 11 is 3.46. The van der Waals surface area contributed by atoms with Crippen LogP contribution in [0.3, 0.4) is 0 Å². The summed E-state index contributed by atoms with van der Waals surface area (Å²) in [7, 11) is 0. The van der Waals surface area contributed by atoms with Crippen molar-refractivity contribution in [3.8, 4) is 0 Å². The molecule has 2 N–H and O–H groups in total. The number of nitrogens with zero attached hydrogens (tertiary/aromatic N) is 3. The number of halogens is 1. The first-order valence-electron chi connectivity index (χ1n) is 6.16. The molecule has 3 rings (SSSR count). The monoisotopic (exact) mass is 316 g/mol. The molecular formula is C14H13BrN4. The number of fused-ring (bicyclic) bond motifs is 1. The average Bonchev–Trinajstić information content (AvgIpc) is 2.80. The van der Waals surface area contributed by atoms with Crippen LogP contribution < -0.4 is 5.73 Å². The lowest BCUT2D eigenvalue weighted by atomic mass is 10.1. The van der Waals surface area contributed by atoms with Gasteiger partial charge in [0.2, 0.25) is 5.95 Å². The summed E-state index contributed by atoms with van der Waals surface area (Å²) in [6.45, 7) is 2.06. The van der Waals surface area contributed by atoms with Crippen LogP contribution >= 0.6 is 15.9 Å². The van der Waals surface area contributed by atoms with Crippen molar-refractivity contribution in [2.24, 2.45) is 0 Å². The lowest BCUT2D eigenvalue weighted by molar-refractivity contribution is 1.00. The van der Waals surface area contributed by atoms with Gasteiger partial charge in [0.15, 0.2) is 0 Å². The highest BCUT2D eigenvalue weighted by molar-refractivity contribution is 9.10. The molecule has 0 bridgehead atoms. The van der Waals surface area contributed by atoms with E-state index in [1.165, 1.54) is 0 Å². The van der Waals surface area contributed by atoms with Gasteiger partial charge in [0.25, 0.3) is 0 Å². The number of nitrogen functional groups attached to an aromatic ring is 1. The van der Waals surface area contributed by atoms with Crippen molar-refractivity contribution < 1.29 is 0 Å². The van der Waals surface area contributed by atoms with E-state index < -0.39 is 0 Å². The number of aryl methyl sites for hydroxylation is 1. The van der Waals surface area contributed by atoms with Gasteiger partial charge in [-0.3, -0.25) is 4.98 Å². The van der Waals surface area contributed by atoms with E-state index in [1.807, 2.05) is 12.3 Å². The van der Waals surface area contributed by atoms with E-state index in [1.54, 1.807) is 0 Å². The fourth-order valence-electron chi connectivity index (χ4n) is 2.25. The molecule has 4 nitrogen and oxygen atoms in total. The number of rotatable bonds is 2. The zero-order valence-electron chi connectivity index (χ0n) is 10.5. The Morgan fingerprint density at radius 3 is 2.95 bits per heavy atom. The van der Waals surface area contributed by atoms with E-state index in [0.29, 0.717) is 5.95 Å². The first-order chi connectivity index (χ1) is 9.17. The summed E-state index contributed by atoms with van der Waals surface area (Å²) in [6, 6.07) is 4.07. The summed E-state index contributed by atoms with van der Waals surface area (Å²) in [5, 5.41) is 0. The molecule has 0 unspecified atom stereocenters. The zero-order valence-corrected chi connectivity index (χ0v) is 12.1. The van der Waals surface area contributed by atoms with Crippen LogP contribution in [0.15, 0.2) is 28.9 Å². The van der Waals surface area contributed by atoms with E-state index >= 15 is 0 Å². The fraction of sp³-hybridized carbons (Fsp3) is 0.214. The Morgan fingerprint density at radius 1 is 1.32 bits per heavy atom. The Bertz CT molecular complexity index is 679. The van der Waals surface area contributed by atoms with Crippen molar-refractivity contribution >= 4 is 27.5 Å². The molecule has 1 aliphatic rings. The molecule has 0 spiro atoms. The Hall–Kier alpha value is -1.75. The smallest absolute Gasteiger partial charge is 0.220 e. The van der Waals surface area contributed by atoms with Crippen LogP contribution in [-0.2, 0) is 12.8 Å². The van der Waals surface area contributed by atoms with Crippen molar-refractivity contribution in [2.45, 2.75) is 19.8 Å². The van der Waals surface area contributed by atoms with Gasteiger partial charge in [-0.25, -0.2) is 9.97 Å². The molecule has 0 aromatic carbocycles.